The van der Waals surface area contributed by atoms with Crippen molar-refractivity contribution in [3.8, 4) is 0 Å². The van der Waals surface area contributed by atoms with Crippen molar-refractivity contribution < 1.29 is 38.4 Å². The van der Waals surface area contributed by atoms with Crippen LogP contribution in [-0.2, 0) is 33.3 Å². The Morgan fingerprint density at radius 1 is 0.891 bits per heavy atom. The standard InChI is InChI=1S/C38H66O8/c1-15-30-29(39)17-21(3)32(40)22(4)18-38(13,14)34(46-36-24(6)20(2)16-23(5)42-36)25(7)33(26(8)35(41)44-30)45-31-19-37(11,12)27(9)28(10)43-31/h17,20,22-31,33-34,36,39H,15-16,18-19H2,1-14H3/b21-17+/t20-,22+,23+,24+,25-,26+,27-,28-,29-,30+,31?,33-,34+,36?/m0/s1. The van der Waals surface area contributed by atoms with Gasteiger partial charge in [0.15, 0.2) is 18.4 Å². The number of hydrogen-bond donors (Lipinski definition) is 1. The summed E-state index contributed by atoms with van der Waals surface area (Å²) < 4.78 is 32.8. The highest BCUT2D eigenvalue weighted by Crippen LogP contribution is 2.45. The van der Waals surface area contributed by atoms with E-state index in [2.05, 4.69) is 69.2 Å². The molecule has 2 unspecified atom stereocenters. The molecule has 8 heteroatoms. The van der Waals surface area contributed by atoms with Crippen molar-refractivity contribution >= 4 is 11.8 Å². The van der Waals surface area contributed by atoms with Crippen LogP contribution in [0.4, 0.5) is 0 Å². The maximum atomic E-state index is 13.9. The summed E-state index contributed by atoms with van der Waals surface area (Å²) in [4.78, 5) is 27.6. The number of ketones is 1. The fourth-order valence-corrected chi connectivity index (χ4v) is 8.13. The first-order valence-electron chi connectivity index (χ1n) is 17.9. The number of cyclic esters (lactones) is 1. The van der Waals surface area contributed by atoms with Crippen LogP contribution in [-0.4, -0.2) is 66.1 Å². The largest absolute Gasteiger partial charge is 0.459 e. The monoisotopic (exact) mass is 650 g/mol. The van der Waals surface area contributed by atoms with Crippen LogP contribution >= 0.6 is 0 Å². The second-order valence-electron chi connectivity index (χ2n) is 16.6. The quantitative estimate of drug-likeness (QED) is 0.306. The third-order valence-electron chi connectivity index (χ3n) is 11.8. The lowest BCUT2D eigenvalue weighted by molar-refractivity contribution is -0.293. The molecule has 0 radical (unpaired) electrons. The average molecular weight is 651 g/mol. The smallest absolute Gasteiger partial charge is 0.311 e. The fourth-order valence-electron chi connectivity index (χ4n) is 8.13. The third-order valence-corrected chi connectivity index (χ3v) is 11.8. The van der Waals surface area contributed by atoms with Gasteiger partial charge < -0.3 is 28.8 Å². The van der Waals surface area contributed by atoms with Gasteiger partial charge in [0.25, 0.3) is 0 Å². The van der Waals surface area contributed by atoms with Crippen LogP contribution < -0.4 is 0 Å². The molecule has 3 aliphatic heterocycles. The number of esters is 1. The van der Waals surface area contributed by atoms with E-state index in [4.69, 9.17) is 23.7 Å². The predicted octanol–water partition coefficient (Wildman–Crippen LogP) is 7.50. The zero-order chi connectivity index (χ0) is 34.9. The second-order valence-corrected chi connectivity index (χ2v) is 16.6. The van der Waals surface area contributed by atoms with Crippen LogP contribution in [0.25, 0.3) is 0 Å². The number of aliphatic hydroxyl groups excluding tert-OH is 1. The summed E-state index contributed by atoms with van der Waals surface area (Å²) in [6.45, 7) is 29.0. The van der Waals surface area contributed by atoms with Gasteiger partial charge in [0.05, 0.1) is 30.3 Å². The molecule has 0 spiro atoms. The summed E-state index contributed by atoms with van der Waals surface area (Å²) in [5.74, 6) is -0.905. The summed E-state index contributed by atoms with van der Waals surface area (Å²) in [7, 11) is 0. The molecule has 46 heavy (non-hydrogen) atoms. The van der Waals surface area contributed by atoms with E-state index in [0.717, 1.165) is 6.42 Å². The Balaban J connectivity index is 2.12. The molecule has 0 amide bonds. The first kappa shape index (κ1) is 39.1. The lowest BCUT2D eigenvalue weighted by Crippen LogP contribution is -2.53. The highest BCUT2D eigenvalue weighted by Gasteiger charge is 2.49. The Labute approximate surface area is 279 Å². The molecule has 0 aliphatic carbocycles. The molecule has 0 aromatic heterocycles. The van der Waals surface area contributed by atoms with Crippen molar-refractivity contribution in [3.63, 3.8) is 0 Å². The minimum absolute atomic E-state index is 0.0192. The summed E-state index contributed by atoms with van der Waals surface area (Å²) in [5.41, 5.74) is -0.0773. The summed E-state index contributed by atoms with van der Waals surface area (Å²) >= 11 is 0. The molecule has 3 rings (SSSR count). The summed E-state index contributed by atoms with van der Waals surface area (Å²) in [6.07, 6.45) is 0.252. The Kier molecular flexibility index (Phi) is 13.2. The maximum Gasteiger partial charge on any atom is 0.311 e. The lowest BCUT2D eigenvalue weighted by Gasteiger charge is -2.49. The summed E-state index contributed by atoms with van der Waals surface area (Å²) in [6, 6.07) is 0. The molecule has 266 valence electrons. The molecule has 0 bridgehead atoms. The van der Waals surface area contributed by atoms with E-state index >= 15 is 0 Å². The Morgan fingerprint density at radius 2 is 1.52 bits per heavy atom. The van der Waals surface area contributed by atoms with E-state index < -0.39 is 54.3 Å². The van der Waals surface area contributed by atoms with Gasteiger partial charge in [0.2, 0.25) is 0 Å². The molecule has 14 atom stereocenters. The Hall–Kier alpha value is -1.32. The fraction of sp³-hybridized carbons (Fsp3) is 0.895. The van der Waals surface area contributed by atoms with Crippen LogP contribution in [0.1, 0.15) is 123 Å². The van der Waals surface area contributed by atoms with Crippen LogP contribution in [0.5, 0.6) is 0 Å². The van der Waals surface area contributed by atoms with Gasteiger partial charge in [-0.15, -0.1) is 0 Å². The Morgan fingerprint density at radius 3 is 2.11 bits per heavy atom. The average Bonchev–Trinajstić information content (AvgIpc) is 2.95. The SMILES string of the molecule is CC[C@H]1OC(=O)[C@H](C)[C@@H](OC2CC(C)(C)[C@@H](C)[C@H](C)O2)[C@H](C)[C@@H](OC2O[C@H](C)C[C@H](C)[C@H]2C)C(C)(C)C[C@@H](C)C(=O)/C(C)=C/[C@@H]1O. The number of rotatable bonds is 5. The van der Waals surface area contributed by atoms with Gasteiger partial charge in [-0.25, -0.2) is 0 Å². The highest BCUT2D eigenvalue weighted by atomic mass is 16.7. The molecular formula is C38H66O8. The van der Waals surface area contributed by atoms with Crippen molar-refractivity contribution in [2.75, 3.05) is 0 Å². The number of carbonyl (C=O) groups is 2. The van der Waals surface area contributed by atoms with Crippen molar-refractivity contribution in [2.45, 2.75) is 172 Å². The van der Waals surface area contributed by atoms with Gasteiger partial charge in [-0.1, -0.05) is 69.2 Å². The third kappa shape index (κ3) is 9.02. The molecule has 2 saturated heterocycles. The lowest BCUT2D eigenvalue weighted by atomic mass is 9.70. The minimum Gasteiger partial charge on any atom is -0.459 e. The van der Waals surface area contributed by atoms with Crippen molar-refractivity contribution in [3.05, 3.63) is 11.6 Å². The number of ether oxygens (including phenoxy) is 5. The summed E-state index contributed by atoms with van der Waals surface area (Å²) in [5, 5.41) is 11.1. The molecule has 3 heterocycles. The molecule has 8 nitrogen and oxygen atoms in total. The zero-order valence-corrected chi connectivity index (χ0v) is 31.3. The van der Waals surface area contributed by atoms with E-state index in [0.29, 0.717) is 36.7 Å². The second kappa shape index (κ2) is 15.5. The van der Waals surface area contributed by atoms with Gasteiger partial charge >= 0.3 is 5.97 Å². The number of Topliss-reactive ketones (excluding diaryl/α,β-unsaturated/α-hetero) is 1. The molecule has 0 aromatic carbocycles. The number of aliphatic hydroxyl groups is 1. The van der Waals surface area contributed by atoms with Crippen LogP contribution in [0.15, 0.2) is 11.6 Å². The Bertz CT molecular complexity index is 1070. The predicted molar refractivity (Wildman–Crippen MR) is 180 cm³/mol. The first-order chi connectivity index (χ1) is 21.2. The van der Waals surface area contributed by atoms with E-state index in [-0.39, 0.29) is 41.2 Å². The normalized spacial score (nSPS) is 45.7. The first-order valence-corrected chi connectivity index (χ1v) is 17.9. The van der Waals surface area contributed by atoms with E-state index in [1.807, 2.05) is 20.8 Å². The topological polar surface area (TPSA) is 101 Å². The van der Waals surface area contributed by atoms with Gasteiger partial charge in [0, 0.05) is 24.2 Å². The zero-order valence-electron chi connectivity index (χ0n) is 31.3. The van der Waals surface area contributed by atoms with Gasteiger partial charge in [-0.3, -0.25) is 9.59 Å². The molecule has 3 aliphatic rings. The van der Waals surface area contributed by atoms with Gasteiger partial charge in [0.1, 0.15) is 12.2 Å². The number of carbonyl (C=O) groups excluding carboxylic acids is 2. The number of allylic oxidation sites excluding steroid dienone is 1. The molecule has 0 saturated carbocycles. The van der Waals surface area contributed by atoms with Crippen molar-refractivity contribution in [1.82, 2.24) is 0 Å². The van der Waals surface area contributed by atoms with E-state index in [9.17, 15) is 14.7 Å². The van der Waals surface area contributed by atoms with E-state index in [1.165, 1.54) is 6.08 Å². The minimum atomic E-state index is -1.10. The number of hydrogen-bond acceptors (Lipinski definition) is 8. The van der Waals surface area contributed by atoms with Crippen LogP contribution in [0.3, 0.4) is 0 Å². The van der Waals surface area contributed by atoms with E-state index in [1.54, 1.807) is 6.92 Å². The van der Waals surface area contributed by atoms with Crippen molar-refractivity contribution in [1.29, 1.82) is 0 Å². The van der Waals surface area contributed by atoms with Gasteiger partial charge in [-0.2, -0.15) is 0 Å². The molecule has 1 N–H and O–H groups in total. The molecule has 0 aromatic rings. The maximum absolute atomic E-state index is 13.9. The highest BCUT2D eigenvalue weighted by molar-refractivity contribution is 5.96. The van der Waals surface area contributed by atoms with Crippen molar-refractivity contribution in [2.24, 2.45) is 46.3 Å². The van der Waals surface area contributed by atoms with Crippen LogP contribution in [0.2, 0.25) is 0 Å². The van der Waals surface area contributed by atoms with Gasteiger partial charge in [-0.05, 0) is 81.3 Å². The van der Waals surface area contributed by atoms with Crippen LogP contribution in [0, 0.1) is 46.3 Å². The molecular weight excluding hydrogens is 584 g/mol. The molecule has 2 fully saturated rings.